The Morgan fingerprint density at radius 2 is 1.12 bits per heavy atom. The minimum Gasteiger partial charge on any atom is -0.355 e. The first-order valence-electron chi connectivity index (χ1n) is 22.0. The first kappa shape index (κ1) is 41.2. The summed E-state index contributed by atoms with van der Waals surface area (Å²) in [6.45, 7) is 6.83. The van der Waals surface area contributed by atoms with E-state index in [1.807, 2.05) is 6.07 Å². The molecule has 0 aliphatic heterocycles. The fourth-order valence-corrected chi connectivity index (χ4v) is 8.36. The molecule has 0 fully saturated rings. The summed E-state index contributed by atoms with van der Waals surface area (Å²) >= 11 is 0. The Morgan fingerprint density at radius 3 is 1.81 bits per heavy atom. The number of allylic oxidation sites excluding steroid dienone is 10. The highest BCUT2D eigenvalue weighted by molar-refractivity contribution is 6.07. The summed E-state index contributed by atoms with van der Waals surface area (Å²) in [6, 6.07) is 75.3. The van der Waals surface area contributed by atoms with E-state index >= 15 is 0 Å². The second kappa shape index (κ2) is 19.7. The molecule has 9 rings (SSSR count). The Balaban J connectivity index is 1.09. The Bertz CT molecular complexity index is 3020. The Labute approximate surface area is 378 Å². The van der Waals surface area contributed by atoms with Gasteiger partial charge in [-0.25, -0.2) is 0 Å². The van der Waals surface area contributed by atoms with Crippen molar-refractivity contribution in [1.29, 1.82) is 0 Å². The number of anilines is 4. The van der Waals surface area contributed by atoms with Crippen LogP contribution in [-0.4, -0.2) is 0 Å². The zero-order valence-corrected chi connectivity index (χ0v) is 36.1. The first-order valence-corrected chi connectivity index (χ1v) is 22.0. The molecule has 0 bridgehead atoms. The quantitative estimate of drug-likeness (QED) is 0.117. The van der Waals surface area contributed by atoms with E-state index in [1.165, 1.54) is 44.7 Å². The van der Waals surface area contributed by atoms with Crippen molar-refractivity contribution in [2.75, 3.05) is 10.2 Å². The SMILES string of the molecule is C=C(/C(=C\C=C/C)c1cccc(N(C2=CC=C(c3ccc(-c4ccccc4)cc3)C=CC2)c2ccccc2-c2ccccc2)c1)c1ccccc1Nc1ccc(-c2ccccc2)cc1. The van der Waals surface area contributed by atoms with Crippen LogP contribution < -0.4 is 10.2 Å². The predicted molar refractivity (Wildman–Crippen MR) is 276 cm³/mol. The molecule has 0 atom stereocenters. The summed E-state index contributed by atoms with van der Waals surface area (Å²) in [5.74, 6) is 0. The molecule has 0 saturated heterocycles. The molecule has 8 aromatic rings. The molecule has 0 radical (unpaired) electrons. The van der Waals surface area contributed by atoms with Crippen molar-refractivity contribution in [2.24, 2.45) is 0 Å². The lowest BCUT2D eigenvalue weighted by molar-refractivity contribution is 1.08. The highest BCUT2D eigenvalue weighted by atomic mass is 15.2. The van der Waals surface area contributed by atoms with E-state index in [9.17, 15) is 0 Å². The molecular weight excluding hydrogens is 773 g/mol. The lowest BCUT2D eigenvalue weighted by Crippen LogP contribution is -2.17. The molecule has 1 N–H and O–H groups in total. The van der Waals surface area contributed by atoms with Crippen molar-refractivity contribution in [3.63, 3.8) is 0 Å². The fraction of sp³-hybridized carbons (Fsp3) is 0.0323. The van der Waals surface area contributed by atoms with E-state index in [4.69, 9.17) is 6.58 Å². The number of hydrogen-bond donors (Lipinski definition) is 1. The average molecular weight is 823 g/mol. The van der Waals surface area contributed by atoms with Crippen LogP contribution >= 0.6 is 0 Å². The molecule has 8 aromatic carbocycles. The summed E-state index contributed by atoms with van der Waals surface area (Å²) in [5, 5.41) is 3.71. The van der Waals surface area contributed by atoms with E-state index in [0.29, 0.717) is 0 Å². The largest absolute Gasteiger partial charge is 0.355 e. The van der Waals surface area contributed by atoms with Crippen molar-refractivity contribution >= 4 is 39.5 Å². The van der Waals surface area contributed by atoms with Gasteiger partial charge in [-0.3, -0.25) is 0 Å². The van der Waals surface area contributed by atoms with E-state index < -0.39 is 0 Å². The monoisotopic (exact) mass is 822 g/mol. The van der Waals surface area contributed by atoms with Crippen LogP contribution in [0.5, 0.6) is 0 Å². The van der Waals surface area contributed by atoms with Crippen molar-refractivity contribution in [3.8, 4) is 33.4 Å². The van der Waals surface area contributed by atoms with Crippen LogP contribution in [0.1, 0.15) is 30.0 Å². The standard InChI is InChI=1S/C62H50N2/c1-3-4-30-58(46(2)59-31-14-16-33-61(59)63-55-42-39-52(40-43-55)48-22-10-6-11-23-48)54-27-19-29-57(45-54)64(62-34-17-15-32-60(62)53-24-12-7-13-25-53)56-28-18-26-49(41-44-56)51-37-35-50(36-38-51)47-20-8-5-9-21-47/h3-27,29-45,63H,2,28H2,1H3/b4-3-,58-30+. The van der Waals surface area contributed by atoms with E-state index in [0.717, 1.165) is 57.0 Å². The molecule has 1 aliphatic carbocycles. The minimum absolute atomic E-state index is 0.745. The van der Waals surface area contributed by atoms with Gasteiger partial charge in [-0.2, -0.15) is 0 Å². The van der Waals surface area contributed by atoms with Crippen LogP contribution in [0.25, 0.3) is 50.1 Å². The van der Waals surface area contributed by atoms with Gasteiger partial charge in [0.2, 0.25) is 0 Å². The summed E-state index contributed by atoms with van der Waals surface area (Å²) in [5.41, 5.74) is 18.9. The van der Waals surface area contributed by atoms with Gasteiger partial charge in [0.25, 0.3) is 0 Å². The number of benzene rings is 8. The Hall–Kier alpha value is -8.20. The van der Waals surface area contributed by atoms with Gasteiger partial charge in [-0.1, -0.05) is 219 Å². The smallest absolute Gasteiger partial charge is 0.0536 e. The highest BCUT2D eigenvalue weighted by Gasteiger charge is 2.21. The lowest BCUT2D eigenvalue weighted by Gasteiger charge is -2.30. The Kier molecular flexibility index (Phi) is 12.7. The molecule has 2 nitrogen and oxygen atoms in total. The maximum atomic E-state index is 4.77. The van der Waals surface area contributed by atoms with Gasteiger partial charge < -0.3 is 10.2 Å². The van der Waals surface area contributed by atoms with Crippen LogP contribution in [0.4, 0.5) is 22.7 Å². The minimum atomic E-state index is 0.745. The molecule has 2 heteroatoms. The second-order valence-electron chi connectivity index (χ2n) is 15.8. The number of nitrogens with zero attached hydrogens (tertiary/aromatic N) is 1. The maximum absolute atomic E-state index is 4.77. The lowest BCUT2D eigenvalue weighted by atomic mass is 9.91. The number of rotatable bonds is 13. The molecular formula is C62H50N2. The van der Waals surface area contributed by atoms with E-state index in [1.54, 1.807) is 0 Å². The molecule has 0 unspecified atom stereocenters. The molecule has 0 amide bonds. The summed E-state index contributed by atoms with van der Waals surface area (Å²) in [4.78, 5) is 2.43. The first-order chi connectivity index (χ1) is 31.6. The molecule has 1 aliphatic rings. The van der Waals surface area contributed by atoms with Crippen LogP contribution in [0.3, 0.4) is 0 Å². The molecule has 0 aromatic heterocycles. The van der Waals surface area contributed by atoms with Crippen molar-refractivity contribution in [3.05, 3.63) is 284 Å². The zero-order valence-electron chi connectivity index (χ0n) is 36.1. The van der Waals surface area contributed by atoms with Gasteiger partial charge in [0.15, 0.2) is 0 Å². The van der Waals surface area contributed by atoms with Gasteiger partial charge in [0.05, 0.1) is 5.69 Å². The van der Waals surface area contributed by atoms with Crippen LogP contribution in [-0.2, 0) is 0 Å². The zero-order chi connectivity index (χ0) is 43.5. The molecule has 0 heterocycles. The number of hydrogen-bond acceptors (Lipinski definition) is 2. The fourth-order valence-electron chi connectivity index (χ4n) is 8.36. The third kappa shape index (κ3) is 9.33. The highest BCUT2D eigenvalue weighted by Crippen LogP contribution is 2.42. The van der Waals surface area contributed by atoms with Crippen LogP contribution in [0, 0.1) is 0 Å². The summed E-state index contributed by atoms with van der Waals surface area (Å²) in [7, 11) is 0. The Morgan fingerprint density at radius 1 is 0.547 bits per heavy atom. The molecule has 0 saturated carbocycles. The summed E-state index contributed by atoms with van der Waals surface area (Å²) < 4.78 is 0. The predicted octanol–water partition coefficient (Wildman–Crippen LogP) is 17.2. The van der Waals surface area contributed by atoms with Crippen LogP contribution in [0.2, 0.25) is 0 Å². The number of para-hydroxylation sites is 2. The second-order valence-corrected chi connectivity index (χ2v) is 15.8. The summed E-state index contributed by atoms with van der Waals surface area (Å²) in [6.07, 6.45) is 16.2. The van der Waals surface area contributed by atoms with E-state index in [2.05, 4.69) is 266 Å². The van der Waals surface area contributed by atoms with Gasteiger partial charge in [-0.05, 0) is 105 Å². The van der Waals surface area contributed by atoms with Gasteiger partial charge >= 0.3 is 0 Å². The topological polar surface area (TPSA) is 15.3 Å². The van der Waals surface area contributed by atoms with E-state index in [-0.39, 0.29) is 0 Å². The van der Waals surface area contributed by atoms with Gasteiger partial charge in [0, 0.05) is 40.3 Å². The normalized spacial score (nSPS) is 12.6. The van der Waals surface area contributed by atoms with Crippen molar-refractivity contribution in [1.82, 2.24) is 0 Å². The molecule has 0 spiro atoms. The van der Waals surface area contributed by atoms with Gasteiger partial charge in [-0.15, -0.1) is 0 Å². The van der Waals surface area contributed by atoms with Crippen molar-refractivity contribution < 1.29 is 0 Å². The maximum Gasteiger partial charge on any atom is 0.0536 e. The third-order valence-electron chi connectivity index (χ3n) is 11.6. The van der Waals surface area contributed by atoms with Crippen molar-refractivity contribution in [2.45, 2.75) is 13.3 Å². The molecule has 64 heavy (non-hydrogen) atoms. The van der Waals surface area contributed by atoms with Crippen LogP contribution in [0.15, 0.2) is 267 Å². The van der Waals surface area contributed by atoms with Gasteiger partial charge in [0.1, 0.15) is 0 Å². The average Bonchev–Trinajstić information content (AvgIpc) is 3.62. The molecule has 308 valence electrons. The third-order valence-corrected chi connectivity index (χ3v) is 11.6. The number of nitrogens with one attached hydrogen (secondary N) is 1.